The smallest absolute Gasteiger partial charge is 0.289 e. The minimum atomic E-state index is -0.138. The van der Waals surface area contributed by atoms with Crippen LogP contribution in [0.25, 0.3) is 11.0 Å². The van der Waals surface area contributed by atoms with Crippen LogP contribution in [0.3, 0.4) is 0 Å². The van der Waals surface area contributed by atoms with Crippen molar-refractivity contribution in [2.45, 2.75) is 10.9 Å². The van der Waals surface area contributed by atoms with Crippen molar-refractivity contribution in [3.63, 3.8) is 0 Å². The molecule has 0 aliphatic carbocycles. The lowest BCUT2D eigenvalue weighted by Gasteiger charge is -2.09. The van der Waals surface area contributed by atoms with Crippen LogP contribution in [-0.4, -0.2) is 34.9 Å². The molecule has 22 heavy (non-hydrogen) atoms. The van der Waals surface area contributed by atoms with Crippen molar-refractivity contribution < 1.29 is 9.21 Å². The number of furan rings is 1. The van der Waals surface area contributed by atoms with Crippen molar-refractivity contribution in [3.8, 4) is 0 Å². The maximum Gasteiger partial charge on any atom is 0.289 e. The van der Waals surface area contributed by atoms with E-state index in [0.29, 0.717) is 16.7 Å². The number of thioether (sulfide) groups is 1. The number of amides is 1. The second-order valence-electron chi connectivity index (χ2n) is 4.93. The van der Waals surface area contributed by atoms with E-state index in [1.165, 1.54) is 16.7 Å². The fourth-order valence-electron chi connectivity index (χ4n) is 2.11. The van der Waals surface area contributed by atoms with Crippen molar-refractivity contribution >= 4 is 28.6 Å². The zero-order valence-electron chi connectivity index (χ0n) is 12.3. The first-order valence-electron chi connectivity index (χ1n) is 6.78. The van der Waals surface area contributed by atoms with Gasteiger partial charge in [0.15, 0.2) is 10.9 Å². The fourth-order valence-corrected chi connectivity index (χ4v) is 2.95. The van der Waals surface area contributed by atoms with E-state index in [1.54, 1.807) is 32.6 Å². The second kappa shape index (κ2) is 6.19. The van der Waals surface area contributed by atoms with Crippen molar-refractivity contribution in [3.05, 3.63) is 54.0 Å². The van der Waals surface area contributed by atoms with Gasteiger partial charge in [-0.2, -0.15) is 0 Å². The molecule has 112 valence electrons. The third-order valence-corrected chi connectivity index (χ3v) is 4.09. The minimum Gasteiger partial charge on any atom is -0.451 e. The van der Waals surface area contributed by atoms with Gasteiger partial charge >= 0.3 is 0 Å². The van der Waals surface area contributed by atoms with Crippen LogP contribution in [0.5, 0.6) is 0 Å². The molecule has 1 aromatic carbocycles. The van der Waals surface area contributed by atoms with Gasteiger partial charge in [-0.1, -0.05) is 30.0 Å². The Bertz CT molecular complexity index is 800. The van der Waals surface area contributed by atoms with Gasteiger partial charge in [-0.25, -0.2) is 9.97 Å². The Labute approximate surface area is 132 Å². The van der Waals surface area contributed by atoms with Gasteiger partial charge in [0.2, 0.25) is 0 Å². The van der Waals surface area contributed by atoms with E-state index in [9.17, 15) is 4.79 Å². The number of hydrogen-bond donors (Lipinski definition) is 0. The highest BCUT2D eigenvalue weighted by molar-refractivity contribution is 7.98. The molecule has 0 radical (unpaired) electrons. The van der Waals surface area contributed by atoms with Gasteiger partial charge in [0.1, 0.15) is 5.58 Å². The van der Waals surface area contributed by atoms with E-state index in [4.69, 9.17) is 4.42 Å². The molecule has 0 N–H and O–H groups in total. The molecule has 3 aromatic rings. The Morgan fingerprint density at radius 2 is 1.91 bits per heavy atom. The molecule has 0 saturated carbocycles. The SMILES string of the molecule is CN(C)C(=O)c1oc2ccccc2c1CSc1ncccn1. The summed E-state index contributed by atoms with van der Waals surface area (Å²) in [6.07, 6.45) is 3.41. The van der Waals surface area contributed by atoms with Crippen molar-refractivity contribution in [1.82, 2.24) is 14.9 Å². The zero-order chi connectivity index (χ0) is 15.5. The molecular formula is C16H15N3O2S. The van der Waals surface area contributed by atoms with Gasteiger partial charge in [0.25, 0.3) is 5.91 Å². The molecule has 3 rings (SSSR count). The number of fused-ring (bicyclic) bond motifs is 1. The molecule has 5 nitrogen and oxygen atoms in total. The normalized spacial score (nSPS) is 10.8. The number of carbonyl (C=O) groups is 1. The minimum absolute atomic E-state index is 0.138. The molecule has 2 aromatic heterocycles. The quantitative estimate of drug-likeness (QED) is 0.547. The highest BCUT2D eigenvalue weighted by atomic mass is 32.2. The summed E-state index contributed by atoms with van der Waals surface area (Å²) in [5.74, 6) is 0.825. The monoisotopic (exact) mass is 313 g/mol. The summed E-state index contributed by atoms with van der Waals surface area (Å²) < 4.78 is 5.77. The summed E-state index contributed by atoms with van der Waals surface area (Å²) in [6, 6.07) is 9.45. The second-order valence-corrected chi connectivity index (χ2v) is 5.87. The lowest BCUT2D eigenvalue weighted by Crippen LogP contribution is -2.22. The summed E-state index contributed by atoms with van der Waals surface area (Å²) in [4.78, 5) is 22.2. The highest BCUT2D eigenvalue weighted by Gasteiger charge is 2.22. The topological polar surface area (TPSA) is 59.2 Å². The number of benzene rings is 1. The lowest BCUT2D eigenvalue weighted by atomic mass is 10.1. The van der Waals surface area contributed by atoms with Crippen LogP contribution in [0.1, 0.15) is 16.1 Å². The molecule has 0 bridgehead atoms. The van der Waals surface area contributed by atoms with Crippen LogP contribution in [0.2, 0.25) is 0 Å². The first kappa shape index (κ1) is 14.6. The molecule has 0 aliphatic heterocycles. The van der Waals surface area contributed by atoms with Gasteiger partial charge < -0.3 is 9.32 Å². The van der Waals surface area contributed by atoms with Crippen LogP contribution in [-0.2, 0) is 5.75 Å². The Morgan fingerprint density at radius 3 is 2.64 bits per heavy atom. The first-order chi connectivity index (χ1) is 10.7. The standard InChI is InChI=1S/C16H15N3O2S/c1-19(2)15(20)14-12(10-22-16-17-8-5-9-18-16)11-6-3-4-7-13(11)21-14/h3-9H,10H2,1-2H3. The molecule has 6 heteroatoms. The number of carbonyl (C=O) groups excluding carboxylic acids is 1. The summed E-state index contributed by atoms with van der Waals surface area (Å²) in [7, 11) is 3.43. The Morgan fingerprint density at radius 1 is 1.18 bits per heavy atom. The number of nitrogens with zero attached hydrogens (tertiary/aromatic N) is 3. The Hall–Kier alpha value is -2.34. The third-order valence-electron chi connectivity index (χ3n) is 3.19. The largest absolute Gasteiger partial charge is 0.451 e. The van der Waals surface area contributed by atoms with Crippen LogP contribution in [0.15, 0.2) is 52.3 Å². The highest BCUT2D eigenvalue weighted by Crippen LogP contribution is 2.31. The van der Waals surface area contributed by atoms with Crippen LogP contribution < -0.4 is 0 Å². The predicted octanol–water partition coefficient (Wildman–Crippen LogP) is 3.22. The molecule has 0 unspecified atom stereocenters. The van der Waals surface area contributed by atoms with E-state index >= 15 is 0 Å². The predicted molar refractivity (Wildman–Crippen MR) is 85.8 cm³/mol. The molecule has 0 fully saturated rings. The van der Waals surface area contributed by atoms with E-state index in [2.05, 4.69) is 9.97 Å². The van der Waals surface area contributed by atoms with E-state index < -0.39 is 0 Å². The van der Waals surface area contributed by atoms with Crippen molar-refractivity contribution in [1.29, 1.82) is 0 Å². The molecular weight excluding hydrogens is 298 g/mol. The maximum absolute atomic E-state index is 12.3. The van der Waals surface area contributed by atoms with E-state index in [0.717, 1.165) is 16.5 Å². The fraction of sp³-hybridized carbons (Fsp3) is 0.188. The van der Waals surface area contributed by atoms with Crippen LogP contribution >= 0.6 is 11.8 Å². The molecule has 0 atom stereocenters. The van der Waals surface area contributed by atoms with E-state index in [-0.39, 0.29) is 5.91 Å². The van der Waals surface area contributed by atoms with Gasteiger partial charge in [-0.3, -0.25) is 4.79 Å². The molecule has 0 spiro atoms. The Kier molecular flexibility index (Phi) is 4.11. The average molecular weight is 313 g/mol. The summed E-state index contributed by atoms with van der Waals surface area (Å²) in [6.45, 7) is 0. The summed E-state index contributed by atoms with van der Waals surface area (Å²) >= 11 is 1.48. The van der Waals surface area contributed by atoms with Crippen molar-refractivity contribution in [2.24, 2.45) is 0 Å². The molecule has 1 amide bonds. The third kappa shape index (κ3) is 2.82. The average Bonchev–Trinajstić information content (AvgIpc) is 2.91. The molecule has 0 aliphatic rings. The van der Waals surface area contributed by atoms with Gasteiger partial charge in [0, 0.05) is 43.2 Å². The zero-order valence-corrected chi connectivity index (χ0v) is 13.1. The molecule has 2 heterocycles. The number of para-hydroxylation sites is 1. The lowest BCUT2D eigenvalue weighted by molar-refractivity contribution is 0.0798. The molecule has 0 saturated heterocycles. The number of aromatic nitrogens is 2. The van der Waals surface area contributed by atoms with Crippen LogP contribution in [0.4, 0.5) is 0 Å². The maximum atomic E-state index is 12.3. The number of hydrogen-bond acceptors (Lipinski definition) is 5. The van der Waals surface area contributed by atoms with Crippen molar-refractivity contribution in [2.75, 3.05) is 14.1 Å². The van der Waals surface area contributed by atoms with Gasteiger partial charge in [0.05, 0.1) is 0 Å². The van der Waals surface area contributed by atoms with Gasteiger partial charge in [-0.05, 0) is 12.1 Å². The Balaban J connectivity index is 1.98. The van der Waals surface area contributed by atoms with E-state index in [1.807, 2.05) is 24.3 Å². The van der Waals surface area contributed by atoms with Gasteiger partial charge in [-0.15, -0.1) is 0 Å². The summed E-state index contributed by atoms with van der Waals surface area (Å²) in [5, 5.41) is 1.63. The summed E-state index contributed by atoms with van der Waals surface area (Å²) in [5.41, 5.74) is 1.60. The first-order valence-corrected chi connectivity index (χ1v) is 7.77. The number of rotatable bonds is 4. The van der Waals surface area contributed by atoms with Crippen LogP contribution in [0, 0.1) is 0 Å².